The van der Waals surface area contributed by atoms with E-state index in [1.807, 2.05) is 0 Å². The van der Waals surface area contributed by atoms with Crippen LogP contribution in [0.1, 0.15) is 39.5 Å². The summed E-state index contributed by atoms with van der Waals surface area (Å²) >= 11 is 0. The van der Waals surface area contributed by atoms with Crippen LogP contribution in [-0.4, -0.2) is 25.7 Å². The number of nitrogens with one attached hydrogen (secondary N) is 2. The second-order valence-corrected chi connectivity index (χ2v) is 4.26. The number of hydrogen-bond donors (Lipinski definition) is 2. The fourth-order valence-corrected chi connectivity index (χ4v) is 1.84. The maximum atomic E-state index is 3.54. The van der Waals surface area contributed by atoms with E-state index in [0.29, 0.717) is 6.04 Å². The first-order valence-corrected chi connectivity index (χ1v) is 5.77. The van der Waals surface area contributed by atoms with Crippen molar-refractivity contribution in [1.29, 1.82) is 0 Å². The van der Waals surface area contributed by atoms with Crippen LogP contribution in [-0.2, 0) is 0 Å². The Hall–Kier alpha value is -0.0800. The minimum Gasteiger partial charge on any atom is -0.316 e. The lowest BCUT2D eigenvalue weighted by Gasteiger charge is -2.12. The molecule has 0 aromatic carbocycles. The molecule has 2 nitrogen and oxygen atoms in total. The topological polar surface area (TPSA) is 24.1 Å². The zero-order chi connectivity index (χ0) is 9.52. The minimum absolute atomic E-state index is 0.696. The summed E-state index contributed by atoms with van der Waals surface area (Å²) in [4.78, 5) is 0. The van der Waals surface area contributed by atoms with E-state index in [0.717, 1.165) is 5.92 Å². The Labute approximate surface area is 82.5 Å². The monoisotopic (exact) mass is 184 g/mol. The van der Waals surface area contributed by atoms with Crippen LogP contribution in [0.15, 0.2) is 0 Å². The van der Waals surface area contributed by atoms with Gasteiger partial charge in [-0.05, 0) is 58.2 Å². The molecule has 78 valence electrons. The van der Waals surface area contributed by atoms with Crippen molar-refractivity contribution in [3.8, 4) is 0 Å². The highest BCUT2D eigenvalue weighted by Gasteiger charge is 2.13. The van der Waals surface area contributed by atoms with E-state index in [2.05, 4.69) is 24.5 Å². The van der Waals surface area contributed by atoms with Gasteiger partial charge in [0.2, 0.25) is 0 Å². The molecule has 0 aromatic heterocycles. The minimum atomic E-state index is 0.696. The zero-order valence-electron chi connectivity index (χ0n) is 9.10. The maximum Gasteiger partial charge on any atom is 0.00360 e. The second-order valence-electron chi connectivity index (χ2n) is 4.26. The van der Waals surface area contributed by atoms with Gasteiger partial charge in [-0.2, -0.15) is 0 Å². The quantitative estimate of drug-likeness (QED) is 0.615. The first kappa shape index (κ1) is 11.0. The Morgan fingerprint density at radius 2 is 2.38 bits per heavy atom. The summed E-state index contributed by atoms with van der Waals surface area (Å²) in [5.41, 5.74) is 0. The normalized spacial score (nSPS) is 24.9. The largest absolute Gasteiger partial charge is 0.316 e. The summed E-state index contributed by atoms with van der Waals surface area (Å²) in [6, 6.07) is 0.696. The maximum absolute atomic E-state index is 3.54. The smallest absolute Gasteiger partial charge is 0.00360 e. The average Bonchev–Trinajstić information content (AvgIpc) is 2.64. The van der Waals surface area contributed by atoms with Crippen LogP contribution >= 0.6 is 0 Å². The average molecular weight is 184 g/mol. The van der Waals surface area contributed by atoms with Crippen LogP contribution in [0, 0.1) is 5.92 Å². The molecule has 1 saturated heterocycles. The molecule has 0 bridgehead atoms. The first-order chi connectivity index (χ1) is 6.33. The zero-order valence-corrected chi connectivity index (χ0v) is 9.10. The van der Waals surface area contributed by atoms with Gasteiger partial charge in [0.05, 0.1) is 0 Å². The third-order valence-corrected chi connectivity index (χ3v) is 3.06. The van der Waals surface area contributed by atoms with Crippen LogP contribution in [0.5, 0.6) is 0 Å². The van der Waals surface area contributed by atoms with Crippen LogP contribution in [0.3, 0.4) is 0 Å². The van der Waals surface area contributed by atoms with Crippen molar-refractivity contribution in [3.63, 3.8) is 0 Å². The van der Waals surface area contributed by atoms with Gasteiger partial charge < -0.3 is 10.6 Å². The Balaban J connectivity index is 1.88. The highest BCUT2D eigenvalue weighted by Crippen LogP contribution is 2.13. The van der Waals surface area contributed by atoms with E-state index in [9.17, 15) is 0 Å². The van der Waals surface area contributed by atoms with E-state index < -0.39 is 0 Å². The lowest BCUT2D eigenvalue weighted by Crippen LogP contribution is -2.26. The van der Waals surface area contributed by atoms with E-state index in [1.165, 1.54) is 45.3 Å². The van der Waals surface area contributed by atoms with Crippen molar-refractivity contribution in [2.75, 3.05) is 19.6 Å². The van der Waals surface area contributed by atoms with Crippen molar-refractivity contribution in [1.82, 2.24) is 10.6 Å². The van der Waals surface area contributed by atoms with Gasteiger partial charge in [0.15, 0.2) is 0 Å². The molecule has 2 atom stereocenters. The van der Waals surface area contributed by atoms with Crippen molar-refractivity contribution >= 4 is 0 Å². The van der Waals surface area contributed by atoms with Crippen LogP contribution in [0.25, 0.3) is 0 Å². The Bertz CT molecular complexity index is 119. The van der Waals surface area contributed by atoms with Gasteiger partial charge in [-0.15, -0.1) is 0 Å². The summed E-state index contributed by atoms with van der Waals surface area (Å²) in [7, 11) is 0. The van der Waals surface area contributed by atoms with Crippen molar-refractivity contribution < 1.29 is 0 Å². The van der Waals surface area contributed by atoms with Crippen molar-refractivity contribution in [2.45, 2.75) is 45.6 Å². The van der Waals surface area contributed by atoms with Gasteiger partial charge in [0, 0.05) is 6.04 Å². The molecule has 0 aromatic rings. The van der Waals surface area contributed by atoms with Crippen molar-refractivity contribution in [2.24, 2.45) is 5.92 Å². The van der Waals surface area contributed by atoms with E-state index >= 15 is 0 Å². The molecular formula is C11H24N2. The molecule has 0 aliphatic carbocycles. The highest BCUT2D eigenvalue weighted by atomic mass is 14.9. The highest BCUT2D eigenvalue weighted by molar-refractivity contribution is 4.71. The summed E-state index contributed by atoms with van der Waals surface area (Å²) in [5, 5.41) is 6.95. The lowest BCUT2D eigenvalue weighted by molar-refractivity contribution is 0.464. The standard InChI is InChI=1S/C11H24N2/c1-3-10(2)13-7-4-5-11-6-8-12-9-11/h10-13H,3-9H2,1-2H3. The molecule has 0 radical (unpaired) electrons. The molecule has 0 amide bonds. The van der Waals surface area contributed by atoms with Gasteiger partial charge >= 0.3 is 0 Å². The third kappa shape index (κ3) is 4.63. The summed E-state index contributed by atoms with van der Waals surface area (Å²) in [6.45, 7) is 8.19. The molecular weight excluding hydrogens is 160 g/mol. The number of hydrogen-bond acceptors (Lipinski definition) is 2. The SMILES string of the molecule is CCC(C)NCCCC1CCNC1. The molecule has 0 saturated carbocycles. The summed E-state index contributed by atoms with van der Waals surface area (Å²) in [6.07, 6.45) is 5.38. The number of rotatable bonds is 6. The molecule has 1 aliphatic rings. The Kier molecular flexibility index (Phi) is 5.40. The molecule has 2 N–H and O–H groups in total. The Morgan fingerprint density at radius 1 is 1.54 bits per heavy atom. The summed E-state index contributed by atoms with van der Waals surface area (Å²) < 4.78 is 0. The van der Waals surface area contributed by atoms with E-state index in [1.54, 1.807) is 0 Å². The first-order valence-electron chi connectivity index (χ1n) is 5.77. The molecule has 13 heavy (non-hydrogen) atoms. The van der Waals surface area contributed by atoms with Crippen LogP contribution < -0.4 is 10.6 Å². The van der Waals surface area contributed by atoms with Gasteiger partial charge in [0.1, 0.15) is 0 Å². The summed E-state index contributed by atoms with van der Waals surface area (Å²) in [5.74, 6) is 0.957. The molecule has 0 spiro atoms. The Morgan fingerprint density at radius 3 is 3.00 bits per heavy atom. The van der Waals surface area contributed by atoms with Crippen LogP contribution in [0.4, 0.5) is 0 Å². The second kappa shape index (κ2) is 6.39. The van der Waals surface area contributed by atoms with Crippen molar-refractivity contribution in [3.05, 3.63) is 0 Å². The predicted molar refractivity (Wildman–Crippen MR) is 58.0 cm³/mol. The molecule has 1 fully saturated rings. The van der Waals surface area contributed by atoms with Gasteiger partial charge in [-0.1, -0.05) is 6.92 Å². The lowest BCUT2D eigenvalue weighted by atomic mass is 10.0. The van der Waals surface area contributed by atoms with Gasteiger partial charge in [-0.25, -0.2) is 0 Å². The van der Waals surface area contributed by atoms with Gasteiger partial charge in [-0.3, -0.25) is 0 Å². The fourth-order valence-electron chi connectivity index (χ4n) is 1.84. The van der Waals surface area contributed by atoms with Gasteiger partial charge in [0.25, 0.3) is 0 Å². The third-order valence-electron chi connectivity index (χ3n) is 3.06. The fraction of sp³-hybridized carbons (Fsp3) is 1.00. The molecule has 1 rings (SSSR count). The molecule has 2 heteroatoms. The molecule has 2 unspecified atom stereocenters. The molecule has 1 aliphatic heterocycles. The van der Waals surface area contributed by atoms with Crippen LogP contribution in [0.2, 0.25) is 0 Å². The van der Waals surface area contributed by atoms with E-state index in [4.69, 9.17) is 0 Å². The van der Waals surface area contributed by atoms with E-state index in [-0.39, 0.29) is 0 Å². The predicted octanol–water partition coefficient (Wildman–Crippen LogP) is 1.76. The molecule has 1 heterocycles.